The normalized spacial score (nSPS) is 16.1. The fourth-order valence-corrected chi connectivity index (χ4v) is 3.83. The van der Waals surface area contributed by atoms with Gasteiger partial charge in [-0.15, -0.1) is 0 Å². The largest absolute Gasteiger partial charge is 0.389 e. The minimum Gasteiger partial charge on any atom is -0.389 e. The summed E-state index contributed by atoms with van der Waals surface area (Å²) in [5.74, 6) is 0.187. The summed E-state index contributed by atoms with van der Waals surface area (Å²) in [6.07, 6.45) is 0.779. The third kappa shape index (κ3) is 3.48. The summed E-state index contributed by atoms with van der Waals surface area (Å²) in [5, 5.41) is 29.7. The van der Waals surface area contributed by atoms with Gasteiger partial charge >= 0.3 is 0 Å². The van der Waals surface area contributed by atoms with Crippen LogP contribution in [0.15, 0.2) is 28.9 Å². The third-order valence-electron chi connectivity index (χ3n) is 5.50. The average Bonchev–Trinajstić information content (AvgIpc) is 3.36. The lowest BCUT2D eigenvalue weighted by molar-refractivity contribution is 0.00560. The first-order valence-corrected chi connectivity index (χ1v) is 10.3. The Bertz CT molecular complexity index is 1390. The topological polar surface area (TPSA) is 169 Å². The number of aliphatic hydroxyl groups is 2. The first-order chi connectivity index (χ1) is 15.6. The van der Waals surface area contributed by atoms with Crippen LogP contribution in [0.3, 0.4) is 0 Å². The summed E-state index contributed by atoms with van der Waals surface area (Å²) in [4.78, 5) is 26.7. The van der Waals surface area contributed by atoms with Gasteiger partial charge in [0.2, 0.25) is 17.7 Å². The fourth-order valence-electron chi connectivity index (χ4n) is 3.65. The van der Waals surface area contributed by atoms with E-state index >= 15 is 0 Å². The summed E-state index contributed by atoms with van der Waals surface area (Å²) in [6.45, 7) is 3.59. The van der Waals surface area contributed by atoms with Crippen LogP contribution in [-0.4, -0.2) is 70.1 Å². The molecule has 0 radical (unpaired) electrons. The van der Waals surface area contributed by atoms with Gasteiger partial charge in [0.15, 0.2) is 11.5 Å². The Hall–Kier alpha value is -3.61. The van der Waals surface area contributed by atoms with E-state index in [0.29, 0.717) is 22.4 Å². The molecule has 33 heavy (non-hydrogen) atoms. The van der Waals surface area contributed by atoms with Gasteiger partial charge in [0.05, 0.1) is 17.8 Å². The highest BCUT2D eigenvalue weighted by molar-refractivity contribution is 6.32. The van der Waals surface area contributed by atoms with Gasteiger partial charge in [-0.1, -0.05) is 22.8 Å². The molecule has 170 valence electrons. The Balaban J connectivity index is 1.71. The lowest BCUT2D eigenvalue weighted by Gasteiger charge is -2.35. The number of anilines is 1. The molecule has 4 heterocycles. The Kier molecular flexibility index (Phi) is 4.81. The Labute approximate surface area is 191 Å². The van der Waals surface area contributed by atoms with Crippen molar-refractivity contribution in [1.29, 1.82) is 0 Å². The number of aliphatic hydroxyl groups excluding tert-OH is 1. The second kappa shape index (κ2) is 7.47. The summed E-state index contributed by atoms with van der Waals surface area (Å²) in [5.41, 5.74) is 5.17. The van der Waals surface area contributed by atoms with E-state index in [2.05, 4.69) is 25.2 Å². The van der Waals surface area contributed by atoms with Crippen LogP contribution < -0.4 is 5.73 Å². The smallest absolute Gasteiger partial charge is 0.275 e. The maximum atomic E-state index is 13.1. The van der Waals surface area contributed by atoms with Gasteiger partial charge in [-0.25, -0.2) is 9.67 Å². The zero-order valence-electron chi connectivity index (χ0n) is 17.6. The number of hydrogen-bond acceptors (Lipinski definition) is 10. The van der Waals surface area contributed by atoms with Gasteiger partial charge in [0.1, 0.15) is 10.6 Å². The monoisotopic (exact) mass is 470 g/mol. The van der Waals surface area contributed by atoms with E-state index in [4.69, 9.17) is 21.9 Å². The first kappa shape index (κ1) is 21.2. The number of benzene rings is 1. The molecule has 13 heteroatoms. The van der Waals surface area contributed by atoms with Crippen molar-refractivity contribution in [1.82, 2.24) is 34.8 Å². The second-order valence-electron chi connectivity index (χ2n) is 7.97. The summed E-state index contributed by atoms with van der Waals surface area (Å²) in [6, 6.07) is 4.96. The minimum absolute atomic E-state index is 0.0257. The second-order valence-corrected chi connectivity index (χ2v) is 8.37. The Morgan fingerprint density at radius 2 is 2.09 bits per heavy atom. The number of nitrogen functional groups attached to an aromatic ring is 1. The SMILES string of the molecule is Cc1nc([C@](C)(O)c2ccc3c(C(=O)N4CC(O)C4)nn(-c4nc(N)ncc4Cl)c3c2)no1. The van der Waals surface area contributed by atoms with Gasteiger partial charge in [0, 0.05) is 25.4 Å². The lowest BCUT2D eigenvalue weighted by atomic mass is 9.94. The molecule has 3 aromatic heterocycles. The fraction of sp³-hybridized carbons (Fsp3) is 0.300. The minimum atomic E-state index is -1.60. The molecule has 1 amide bonds. The quantitative estimate of drug-likeness (QED) is 0.388. The van der Waals surface area contributed by atoms with Crippen LogP contribution in [0.2, 0.25) is 5.02 Å². The number of carbonyl (C=O) groups is 1. The molecular weight excluding hydrogens is 452 g/mol. The van der Waals surface area contributed by atoms with Crippen molar-refractivity contribution < 1.29 is 19.5 Å². The van der Waals surface area contributed by atoms with Crippen LogP contribution in [0.5, 0.6) is 0 Å². The van der Waals surface area contributed by atoms with Crippen molar-refractivity contribution in [3.05, 3.63) is 52.4 Å². The standard InChI is InChI=1S/C20H19ClN8O4/c1-9-24-18(27-33-9)20(2,32)10-3-4-12-14(5-10)29(16-13(21)6-23-19(22)25-16)26-15(12)17(31)28-7-11(30)8-28/h3-6,11,30,32H,7-8H2,1-2H3,(H2,22,23,25)/t20-/m1/s1. The highest BCUT2D eigenvalue weighted by atomic mass is 35.5. The molecule has 0 unspecified atom stereocenters. The van der Waals surface area contributed by atoms with Crippen molar-refractivity contribution in [2.45, 2.75) is 25.6 Å². The van der Waals surface area contributed by atoms with E-state index in [9.17, 15) is 15.0 Å². The van der Waals surface area contributed by atoms with Gasteiger partial charge in [0.25, 0.3) is 5.91 Å². The van der Waals surface area contributed by atoms with E-state index in [1.807, 2.05) is 0 Å². The maximum absolute atomic E-state index is 13.1. The number of aromatic nitrogens is 6. The molecule has 1 aromatic carbocycles. The zero-order chi connectivity index (χ0) is 23.5. The molecule has 4 aromatic rings. The number of nitrogens with two attached hydrogens (primary N) is 1. The summed E-state index contributed by atoms with van der Waals surface area (Å²) < 4.78 is 6.39. The van der Waals surface area contributed by atoms with Gasteiger partial charge < -0.3 is 25.4 Å². The Morgan fingerprint density at radius 3 is 2.76 bits per heavy atom. The molecule has 1 saturated heterocycles. The number of amides is 1. The molecule has 1 aliphatic heterocycles. The molecule has 0 saturated carbocycles. The van der Waals surface area contributed by atoms with Gasteiger partial charge in [-0.2, -0.15) is 15.1 Å². The van der Waals surface area contributed by atoms with E-state index in [1.54, 1.807) is 25.1 Å². The molecule has 0 bridgehead atoms. The summed E-state index contributed by atoms with van der Waals surface area (Å²) in [7, 11) is 0. The summed E-state index contributed by atoms with van der Waals surface area (Å²) >= 11 is 6.32. The molecular formula is C20H19ClN8O4. The predicted molar refractivity (Wildman–Crippen MR) is 116 cm³/mol. The maximum Gasteiger partial charge on any atom is 0.275 e. The van der Waals surface area contributed by atoms with Crippen molar-refractivity contribution in [3.63, 3.8) is 0 Å². The van der Waals surface area contributed by atoms with E-state index < -0.39 is 11.7 Å². The molecule has 5 rings (SSSR count). The van der Waals surface area contributed by atoms with Crippen LogP contribution in [0.4, 0.5) is 5.95 Å². The molecule has 4 N–H and O–H groups in total. The van der Waals surface area contributed by atoms with Crippen molar-refractivity contribution in [2.24, 2.45) is 0 Å². The van der Waals surface area contributed by atoms with Crippen molar-refractivity contribution in [2.75, 3.05) is 18.8 Å². The van der Waals surface area contributed by atoms with Crippen molar-refractivity contribution >= 4 is 34.4 Å². The van der Waals surface area contributed by atoms with Crippen molar-refractivity contribution in [3.8, 4) is 5.82 Å². The van der Waals surface area contributed by atoms with E-state index in [0.717, 1.165) is 0 Å². The molecule has 1 fully saturated rings. The van der Waals surface area contributed by atoms with Crippen LogP contribution in [-0.2, 0) is 5.60 Å². The zero-order valence-corrected chi connectivity index (χ0v) is 18.4. The molecule has 0 aliphatic carbocycles. The first-order valence-electron chi connectivity index (χ1n) is 9.97. The number of β-amino-alcohol motifs (C(OH)–C–C–N with tert-alkyl or cyclic N) is 1. The van der Waals surface area contributed by atoms with Gasteiger partial charge in [-0.05, 0) is 24.6 Å². The number of nitrogens with zero attached hydrogens (tertiary/aromatic N) is 7. The lowest BCUT2D eigenvalue weighted by Crippen LogP contribution is -2.53. The van der Waals surface area contributed by atoms with Gasteiger partial charge in [-0.3, -0.25) is 4.79 Å². The molecule has 0 spiro atoms. The number of likely N-dealkylation sites (tertiary alicyclic amines) is 1. The number of aryl methyl sites for hydroxylation is 1. The Morgan fingerprint density at radius 1 is 1.33 bits per heavy atom. The van der Waals surface area contributed by atoms with Crippen LogP contribution in [0.25, 0.3) is 16.7 Å². The molecule has 12 nitrogen and oxygen atoms in total. The van der Waals surface area contributed by atoms with E-state index in [-0.39, 0.29) is 47.3 Å². The molecule has 1 aliphatic rings. The number of hydrogen-bond donors (Lipinski definition) is 3. The molecule has 1 atom stereocenters. The highest BCUT2D eigenvalue weighted by Gasteiger charge is 2.35. The predicted octanol–water partition coefficient (Wildman–Crippen LogP) is 0.815. The average molecular weight is 471 g/mol. The number of halogens is 1. The van der Waals surface area contributed by atoms with Crippen LogP contribution in [0.1, 0.15) is 34.7 Å². The van der Waals surface area contributed by atoms with Crippen LogP contribution in [0, 0.1) is 6.92 Å². The highest BCUT2D eigenvalue weighted by Crippen LogP contribution is 2.33. The number of carbonyl (C=O) groups excluding carboxylic acids is 1. The number of rotatable bonds is 4. The van der Waals surface area contributed by atoms with E-state index in [1.165, 1.54) is 22.7 Å². The van der Waals surface area contributed by atoms with Crippen LogP contribution >= 0.6 is 11.6 Å². The third-order valence-corrected chi connectivity index (χ3v) is 5.77. The number of fused-ring (bicyclic) bond motifs is 1.